The summed E-state index contributed by atoms with van der Waals surface area (Å²) in [6.45, 7) is 7.98. The number of hydrogen-bond acceptors (Lipinski definition) is 18. The number of aromatic nitrogens is 16. The Morgan fingerprint density at radius 3 is 1.19 bits per heavy atom. The van der Waals surface area contributed by atoms with E-state index in [9.17, 15) is 22.7 Å². The van der Waals surface area contributed by atoms with E-state index in [0.29, 0.717) is 68.2 Å². The van der Waals surface area contributed by atoms with Crippen LogP contribution in [-0.4, -0.2) is 135 Å². The van der Waals surface area contributed by atoms with Gasteiger partial charge in [-0.25, -0.2) is 106 Å². The lowest BCUT2D eigenvalue weighted by Gasteiger charge is -2.32. The third-order valence-corrected chi connectivity index (χ3v) is 14.4. The highest BCUT2D eigenvalue weighted by Gasteiger charge is 2.52. The third kappa shape index (κ3) is 18.6. The summed E-state index contributed by atoms with van der Waals surface area (Å²) in [7, 11) is 18.8. The highest BCUT2D eigenvalue weighted by Crippen LogP contribution is 2.37. The predicted octanol–water partition coefficient (Wildman–Crippen LogP) is 13.6. The van der Waals surface area contributed by atoms with Gasteiger partial charge in [0.15, 0.2) is 38.5 Å². The van der Waals surface area contributed by atoms with Crippen molar-refractivity contribution < 1.29 is 46.2 Å². The summed E-state index contributed by atoms with van der Waals surface area (Å²) < 4.78 is 87.8. The quantitative estimate of drug-likeness (QED) is 0.0719. The minimum Gasteiger partial charge on any atom is -0.504 e. The van der Waals surface area contributed by atoms with E-state index in [1.165, 1.54) is 94.9 Å². The van der Waals surface area contributed by atoms with E-state index in [1.807, 2.05) is 27.7 Å². The summed E-state index contributed by atoms with van der Waals surface area (Å²) in [6.07, 6.45) is 21.2. The van der Waals surface area contributed by atoms with Gasteiger partial charge in [-0.2, -0.15) is 20.4 Å². The molecule has 1 aliphatic heterocycles. The Labute approximate surface area is 573 Å². The fourth-order valence-electron chi connectivity index (χ4n) is 8.32. The lowest BCUT2D eigenvalue weighted by molar-refractivity contribution is 0.00578. The molecule has 0 amide bonds. The van der Waals surface area contributed by atoms with Crippen molar-refractivity contribution in [3.05, 3.63) is 223 Å². The molecule has 0 saturated carbocycles. The molecule has 34 heteroatoms. The minimum absolute atomic E-state index is 0.0458. The predicted molar refractivity (Wildman–Crippen MR) is 355 cm³/mol. The molecule has 1 fully saturated rings. The summed E-state index contributed by atoms with van der Waals surface area (Å²) in [5.41, 5.74) is 4.88. The third-order valence-electron chi connectivity index (χ3n) is 13.6. The molecule has 1 aliphatic rings. The van der Waals surface area contributed by atoms with Gasteiger partial charge in [-0.1, -0.05) is 83.3 Å². The second-order valence-electron chi connectivity index (χ2n) is 20.1. The normalized spacial score (nSPS) is 12.4. The molecule has 0 spiro atoms. The molecule has 488 valence electrons. The van der Waals surface area contributed by atoms with Gasteiger partial charge in [0.1, 0.15) is 88.4 Å². The van der Waals surface area contributed by atoms with Gasteiger partial charge in [0.05, 0.1) is 63.5 Å². The van der Waals surface area contributed by atoms with E-state index in [0.717, 1.165) is 11.0 Å². The molecular weight excluding hydrogens is 1380 g/mol. The second-order valence-corrected chi connectivity index (χ2v) is 27.6. The van der Waals surface area contributed by atoms with Crippen LogP contribution in [0, 0.1) is 23.3 Å². The van der Waals surface area contributed by atoms with E-state index < -0.39 is 29.7 Å². The van der Waals surface area contributed by atoms with Crippen molar-refractivity contribution >= 4 is 88.9 Å². The Morgan fingerprint density at radius 1 is 0.442 bits per heavy atom. The van der Waals surface area contributed by atoms with Crippen LogP contribution in [0.5, 0.6) is 23.0 Å². The highest BCUT2D eigenvalue weighted by atomic mass is 35.8. The molecule has 8 aromatic heterocycles. The molecule has 4 aromatic carbocycles. The first kappa shape index (κ1) is 72.1. The van der Waals surface area contributed by atoms with Crippen molar-refractivity contribution in [2.24, 2.45) is 0 Å². The number of benzene rings is 4. The summed E-state index contributed by atoms with van der Waals surface area (Å²) >= 11 is 15.4. The van der Waals surface area contributed by atoms with Crippen molar-refractivity contribution in [2.45, 2.75) is 38.9 Å². The smallest absolute Gasteiger partial charge is 0.504 e. The molecule has 22 nitrogen and oxygen atoms in total. The summed E-state index contributed by atoms with van der Waals surface area (Å²) in [6, 6.07) is 25.6. The van der Waals surface area contributed by atoms with Crippen molar-refractivity contribution in [1.29, 1.82) is 0 Å². The van der Waals surface area contributed by atoms with Crippen molar-refractivity contribution in [2.75, 3.05) is 21.3 Å². The number of para-hydroxylation sites is 4. The molecule has 0 aliphatic carbocycles. The zero-order valence-electron chi connectivity index (χ0n) is 50.9. The van der Waals surface area contributed by atoms with E-state index in [2.05, 4.69) is 60.3 Å². The van der Waals surface area contributed by atoms with Gasteiger partial charge < -0.3 is 28.6 Å². The van der Waals surface area contributed by atoms with Gasteiger partial charge in [-0.15, -0.1) is 0 Å². The first-order valence-electron chi connectivity index (χ1n) is 27.6. The molecular formula is C61H52AlBCl6F4N16O6. The summed E-state index contributed by atoms with van der Waals surface area (Å²) in [5, 5.41) is 26.9. The number of hydrogen-bond donors (Lipinski definition) is 1. The molecule has 95 heavy (non-hydrogen) atoms. The lowest BCUT2D eigenvalue weighted by Crippen LogP contribution is -2.41. The summed E-state index contributed by atoms with van der Waals surface area (Å²) in [4.78, 5) is 31.0. The van der Waals surface area contributed by atoms with E-state index in [-0.39, 0.29) is 44.5 Å². The van der Waals surface area contributed by atoms with Crippen molar-refractivity contribution in [1.82, 2.24) is 79.0 Å². The minimum atomic E-state index is -1.72. The van der Waals surface area contributed by atoms with E-state index in [1.54, 1.807) is 129 Å². The Bertz CT molecular complexity index is 4400. The highest BCUT2D eigenvalue weighted by molar-refractivity contribution is 7.54. The number of halogens is 10. The van der Waals surface area contributed by atoms with Gasteiger partial charge in [0.25, 0.3) is 0 Å². The van der Waals surface area contributed by atoms with Crippen LogP contribution in [0.25, 0.3) is 56.5 Å². The van der Waals surface area contributed by atoms with Gasteiger partial charge >= 0.3 is 18.5 Å². The van der Waals surface area contributed by atoms with Crippen LogP contribution in [0.2, 0.25) is 15.5 Å². The number of aromatic hydroxyl groups is 1. The molecule has 1 N–H and O–H groups in total. The Morgan fingerprint density at radius 2 is 0.789 bits per heavy atom. The lowest BCUT2D eigenvalue weighted by atomic mass is 9.82. The largest absolute Gasteiger partial charge is 0.643 e. The van der Waals surface area contributed by atoms with Gasteiger partial charge in [0, 0.05) is 53.1 Å². The van der Waals surface area contributed by atoms with Crippen LogP contribution in [0.3, 0.4) is 0 Å². The number of nitrogens with zero attached hydrogens (tertiary/aromatic N) is 16. The van der Waals surface area contributed by atoms with E-state index in [4.69, 9.17) is 88.5 Å². The number of ether oxygens (including phenoxy) is 3. The maximum absolute atomic E-state index is 13.8. The zero-order valence-corrected chi connectivity index (χ0v) is 56.6. The molecule has 0 radical (unpaired) electrons. The first-order chi connectivity index (χ1) is 45.5. The summed E-state index contributed by atoms with van der Waals surface area (Å²) in [5.74, 6) is -0.226. The molecule has 9 heterocycles. The fraction of sp³-hybridized carbons (Fsp3) is 0.148. The maximum Gasteiger partial charge on any atom is 0.643 e. The number of methoxy groups -OCH3 is 3. The Hall–Kier alpha value is -8.78. The topological polar surface area (TPSA) is 241 Å². The molecule has 12 aromatic rings. The second kappa shape index (κ2) is 33.6. The van der Waals surface area contributed by atoms with Gasteiger partial charge in [-0.3, -0.25) is 0 Å². The van der Waals surface area contributed by atoms with Crippen molar-refractivity contribution in [3.8, 4) is 79.5 Å². The maximum atomic E-state index is 13.8. The van der Waals surface area contributed by atoms with Crippen LogP contribution in [0.15, 0.2) is 184 Å². The van der Waals surface area contributed by atoms with Crippen LogP contribution in [-0.2, 0) is 9.31 Å². The first-order valence-corrected chi connectivity index (χ1v) is 34.0. The molecule has 0 atom stereocenters. The molecule has 13 rings (SSSR count). The SMILES string of the molecule is CC1(C)OB(c2cnn(-c3ccccc3F)c2)OC1(C)C.COc1c(Cl)ncnc1-c1cnn(-c2ccccc2F)c1.COc1c(Cl)ncnc1Cl.COc1cncnc1-c1cnn(-c2ccccc2F)c1.Oc1cncnc1-c1cnn(-c2ccccc2F)c1.[Cl][Al]([Cl])[Cl]. The molecule has 0 unspecified atom stereocenters. The van der Waals surface area contributed by atoms with Crippen LogP contribution in [0.1, 0.15) is 27.7 Å². The van der Waals surface area contributed by atoms with Gasteiger partial charge in [0.2, 0.25) is 0 Å². The fourth-order valence-corrected chi connectivity index (χ4v) is 9.00. The van der Waals surface area contributed by atoms with Gasteiger partial charge in [-0.05, 0) is 76.2 Å². The van der Waals surface area contributed by atoms with E-state index >= 15 is 0 Å². The standard InChI is InChI=1S/C15H18BFN2O2.C14H10ClFN4O.C14H11FN4O.C13H9FN4O.C5H4Cl2N2O.Al.3ClH/c1-14(2)15(3,4)21-16(20-14)11-9-18-19(10-11)13-8-6-5-7-12(13)17;1-21-13-12(17-8-18-14(13)15)9-6-19-20(7-9)11-5-3-2-4-10(11)16;1-20-13-7-16-9-17-14(13)10-6-18-19(8-10)12-5-3-2-4-11(12)15;14-10-3-1-2-4-11(10)18-7-9(5-17-18)13-12(19)6-15-8-16-13;1-10-3-4(6)8-2-9-5(3)7;;;;/h5-10H,1-4H3;2-8H,1H3;2-9H,1H3;1-8,19H;2H,1H3;;3*1H/q;;;;;+3;;;/p-3. The zero-order chi connectivity index (χ0) is 68.4. The van der Waals surface area contributed by atoms with Crippen LogP contribution >= 0.6 is 65.0 Å². The molecule has 0 bridgehead atoms. The number of rotatable bonds is 11. The molecule has 1 saturated heterocycles. The van der Waals surface area contributed by atoms with Crippen LogP contribution < -0.4 is 19.7 Å². The van der Waals surface area contributed by atoms with Crippen LogP contribution in [0.4, 0.5) is 17.6 Å². The Balaban J connectivity index is 0.000000152. The Kier molecular flexibility index (Phi) is 25.4. The van der Waals surface area contributed by atoms with Crippen molar-refractivity contribution in [3.63, 3.8) is 0 Å². The average molecular weight is 1430 g/mol. The average Bonchev–Trinajstić information content (AvgIpc) is 1.63. The monoisotopic (exact) mass is 1430 g/mol.